The second-order valence-electron chi connectivity index (χ2n) is 4.92. The molecule has 2 rings (SSSR count). The van der Waals surface area contributed by atoms with Gasteiger partial charge in [-0.1, -0.05) is 6.92 Å². The Balaban J connectivity index is 1.96. The first-order valence-corrected chi connectivity index (χ1v) is 7.29. The van der Waals surface area contributed by atoms with Crippen molar-refractivity contribution >= 4 is 16.7 Å². The average molecular weight is 254 g/mol. The Bertz CT molecular complexity index is 344. The lowest BCUT2D eigenvalue weighted by Gasteiger charge is -2.32. The Morgan fingerprint density at radius 2 is 2.06 bits per heavy atom. The molecule has 1 fully saturated rings. The smallest absolute Gasteiger partial charge is 0.205 e. The van der Waals surface area contributed by atoms with Gasteiger partial charge in [-0.05, 0) is 32.1 Å². The van der Waals surface area contributed by atoms with Crippen molar-refractivity contribution in [1.82, 2.24) is 9.36 Å². The molecule has 0 amide bonds. The molecule has 2 N–H and O–H groups in total. The number of nitrogens with zero attached hydrogens (tertiary/aromatic N) is 3. The number of anilines is 1. The summed E-state index contributed by atoms with van der Waals surface area (Å²) in [5.41, 5.74) is 5.94. The maximum atomic E-state index is 5.94. The first-order valence-electron chi connectivity index (χ1n) is 6.51. The van der Waals surface area contributed by atoms with Gasteiger partial charge in [0.05, 0.1) is 0 Å². The standard InChI is InChI=1S/C12H22N4S/c1-3-4-11-14-12(17-15-11)16(2)10-7-5-9(13)6-8-10/h9-10H,3-8,13H2,1-2H3. The zero-order valence-corrected chi connectivity index (χ0v) is 11.5. The molecule has 0 saturated heterocycles. The maximum Gasteiger partial charge on any atom is 0.205 e. The van der Waals surface area contributed by atoms with Crippen molar-refractivity contribution in [2.45, 2.75) is 57.5 Å². The molecular weight excluding hydrogens is 232 g/mol. The Kier molecular flexibility index (Phi) is 4.34. The summed E-state index contributed by atoms with van der Waals surface area (Å²) in [6.45, 7) is 2.16. The van der Waals surface area contributed by atoms with Gasteiger partial charge in [-0.3, -0.25) is 0 Å². The van der Waals surface area contributed by atoms with Crippen LogP contribution < -0.4 is 10.6 Å². The van der Waals surface area contributed by atoms with E-state index in [1.165, 1.54) is 24.4 Å². The fraction of sp³-hybridized carbons (Fsp3) is 0.833. The summed E-state index contributed by atoms with van der Waals surface area (Å²) in [5, 5.41) is 1.06. The molecular formula is C12H22N4S. The topological polar surface area (TPSA) is 55.0 Å². The van der Waals surface area contributed by atoms with Crippen LogP contribution in [0.4, 0.5) is 5.13 Å². The fourth-order valence-electron chi connectivity index (χ4n) is 2.36. The molecule has 0 radical (unpaired) electrons. The Morgan fingerprint density at radius 3 is 2.71 bits per heavy atom. The van der Waals surface area contributed by atoms with E-state index in [0.29, 0.717) is 12.1 Å². The van der Waals surface area contributed by atoms with Crippen LogP contribution in [0.5, 0.6) is 0 Å². The van der Waals surface area contributed by atoms with Gasteiger partial charge < -0.3 is 10.6 Å². The zero-order chi connectivity index (χ0) is 12.3. The molecule has 1 aromatic rings. The molecule has 1 aliphatic carbocycles. The minimum atomic E-state index is 0.407. The van der Waals surface area contributed by atoms with Crippen LogP contribution in [0.3, 0.4) is 0 Å². The van der Waals surface area contributed by atoms with Crippen LogP contribution in [0.2, 0.25) is 0 Å². The van der Waals surface area contributed by atoms with E-state index >= 15 is 0 Å². The number of nitrogens with two attached hydrogens (primary N) is 1. The summed E-state index contributed by atoms with van der Waals surface area (Å²) in [7, 11) is 2.14. The molecule has 1 heterocycles. The summed E-state index contributed by atoms with van der Waals surface area (Å²) < 4.78 is 4.40. The predicted octanol–water partition coefficient (Wildman–Crippen LogP) is 2.20. The van der Waals surface area contributed by atoms with Crippen molar-refractivity contribution in [3.63, 3.8) is 0 Å². The molecule has 17 heavy (non-hydrogen) atoms. The molecule has 1 aliphatic rings. The minimum absolute atomic E-state index is 0.407. The molecule has 0 unspecified atom stereocenters. The van der Waals surface area contributed by atoms with Crippen molar-refractivity contribution in [2.24, 2.45) is 5.73 Å². The third kappa shape index (κ3) is 3.16. The van der Waals surface area contributed by atoms with Gasteiger partial charge in [-0.15, -0.1) is 0 Å². The SMILES string of the molecule is CCCc1nsc(N(C)C2CCC(N)CC2)n1. The highest BCUT2D eigenvalue weighted by Gasteiger charge is 2.23. The van der Waals surface area contributed by atoms with Crippen molar-refractivity contribution in [3.8, 4) is 0 Å². The lowest BCUT2D eigenvalue weighted by molar-refractivity contribution is 0.384. The van der Waals surface area contributed by atoms with Crippen LogP contribution in [0.15, 0.2) is 0 Å². The number of aromatic nitrogens is 2. The van der Waals surface area contributed by atoms with Crippen LogP contribution >= 0.6 is 11.5 Å². The second-order valence-corrected chi connectivity index (χ2v) is 5.65. The second kappa shape index (κ2) is 5.78. The molecule has 1 saturated carbocycles. The lowest BCUT2D eigenvalue weighted by atomic mass is 9.91. The monoisotopic (exact) mass is 254 g/mol. The number of hydrogen-bond acceptors (Lipinski definition) is 5. The quantitative estimate of drug-likeness (QED) is 0.895. The average Bonchev–Trinajstić information content (AvgIpc) is 2.78. The predicted molar refractivity (Wildman–Crippen MR) is 72.5 cm³/mol. The van der Waals surface area contributed by atoms with E-state index in [1.54, 1.807) is 0 Å². The van der Waals surface area contributed by atoms with Gasteiger partial charge in [-0.2, -0.15) is 4.37 Å². The van der Waals surface area contributed by atoms with Crippen LogP contribution in [0.1, 0.15) is 44.9 Å². The lowest BCUT2D eigenvalue weighted by Crippen LogP contribution is -2.38. The molecule has 1 aromatic heterocycles. The molecule has 5 heteroatoms. The van der Waals surface area contributed by atoms with Gasteiger partial charge in [-0.25, -0.2) is 4.98 Å². The van der Waals surface area contributed by atoms with Gasteiger partial charge in [0.25, 0.3) is 0 Å². The summed E-state index contributed by atoms with van der Waals surface area (Å²) in [6, 6.07) is 1.00. The highest BCUT2D eigenvalue weighted by molar-refractivity contribution is 7.09. The normalized spacial score (nSPS) is 24.9. The number of hydrogen-bond donors (Lipinski definition) is 1. The zero-order valence-electron chi connectivity index (χ0n) is 10.7. The van der Waals surface area contributed by atoms with Gasteiger partial charge in [0, 0.05) is 37.1 Å². The Hall–Kier alpha value is -0.680. The van der Waals surface area contributed by atoms with E-state index < -0.39 is 0 Å². The molecule has 96 valence electrons. The van der Waals surface area contributed by atoms with E-state index in [0.717, 1.165) is 36.6 Å². The first kappa shape index (κ1) is 12.8. The van der Waals surface area contributed by atoms with Crippen LogP contribution in [0.25, 0.3) is 0 Å². The number of rotatable bonds is 4. The third-order valence-electron chi connectivity index (χ3n) is 3.52. The molecule has 0 aromatic carbocycles. The van der Waals surface area contributed by atoms with Gasteiger partial charge in [0.15, 0.2) is 0 Å². The van der Waals surface area contributed by atoms with Crippen molar-refractivity contribution < 1.29 is 0 Å². The summed E-state index contributed by atoms with van der Waals surface area (Å²) >= 11 is 1.53. The van der Waals surface area contributed by atoms with E-state index in [4.69, 9.17) is 5.73 Å². The van der Waals surface area contributed by atoms with E-state index in [1.807, 2.05) is 0 Å². The number of aryl methyl sites for hydroxylation is 1. The Morgan fingerprint density at radius 1 is 1.35 bits per heavy atom. The molecule has 0 aliphatic heterocycles. The summed E-state index contributed by atoms with van der Waals surface area (Å²) in [4.78, 5) is 6.89. The van der Waals surface area contributed by atoms with E-state index in [-0.39, 0.29) is 0 Å². The van der Waals surface area contributed by atoms with Gasteiger partial charge in [0.2, 0.25) is 5.13 Å². The minimum Gasteiger partial charge on any atom is -0.347 e. The third-order valence-corrected chi connectivity index (χ3v) is 4.37. The summed E-state index contributed by atoms with van der Waals surface area (Å²) in [5.74, 6) is 0.992. The molecule has 0 atom stereocenters. The largest absolute Gasteiger partial charge is 0.347 e. The van der Waals surface area contributed by atoms with E-state index in [9.17, 15) is 0 Å². The highest BCUT2D eigenvalue weighted by Crippen LogP contribution is 2.26. The first-order chi connectivity index (χ1) is 8.20. The van der Waals surface area contributed by atoms with Crippen LogP contribution in [-0.4, -0.2) is 28.5 Å². The molecule has 4 nitrogen and oxygen atoms in total. The maximum absolute atomic E-state index is 5.94. The van der Waals surface area contributed by atoms with Crippen molar-refractivity contribution in [3.05, 3.63) is 5.82 Å². The van der Waals surface area contributed by atoms with Crippen molar-refractivity contribution in [1.29, 1.82) is 0 Å². The molecule has 0 bridgehead atoms. The highest BCUT2D eigenvalue weighted by atomic mass is 32.1. The van der Waals surface area contributed by atoms with Crippen molar-refractivity contribution in [2.75, 3.05) is 11.9 Å². The van der Waals surface area contributed by atoms with Gasteiger partial charge >= 0.3 is 0 Å². The Labute approximate surface area is 107 Å². The summed E-state index contributed by atoms with van der Waals surface area (Å²) in [6.07, 6.45) is 6.73. The van der Waals surface area contributed by atoms with Crippen LogP contribution in [0, 0.1) is 0 Å². The van der Waals surface area contributed by atoms with Crippen LogP contribution in [-0.2, 0) is 6.42 Å². The van der Waals surface area contributed by atoms with E-state index in [2.05, 4.69) is 28.2 Å². The fourth-order valence-corrected chi connectivity index (χ4v) is 3.10. The van der Waals surface area contributed by atoms with Gasteiger partial charge in [0.1, 0.15) is 5.82 Å². The molecule has 0 spiro atoms.